The third kappa shape index (κ3) is 7.46. The summed E-state index contributed by atoms with van der Waals surface area (Å²) in [6.07, 6.45) is 1.41. The number of para-hydroxylation sites is 2. The number of hydrazone groups is 1. The molecule has 0 spiro atoms. The van der Waals surface area contributed by atoms with Crippen molar-refractivity contribution in [2.45, 2.75) is 11.5 Å². The minimum atomic E-state index is -4.10. The number of rotatable bonds is 12. The molecule has 0 heterocycles. The Kier molecular flexibility index (Phi) is 9.28. The second-order valence-corrected chi connectivity index (χ2v) is 10.4. The van der Waals surface area contributed by atoms with E-state index in [9.17, 15) is 23.3 Å². The number of non-ortho nitro benzene ring substituents is 1. The Balaban J connectivity index is 1.39. The van der Waals surface area contributed by atoms with E-state index < -0.39 is 27.4 Å². The molecular weight excluding hydrogens is 548 g/mol. The van der Waals surface area contributed by atoms with Crippen molar-refractivity contribution in [1.29, 1.82) is 0 Å². The van der Waals surface area contributed by atoms with Crippen LogP contribution in [0, 0.1) is 10.1 Å². The van der Waals surface area contributed by atoms with Gasteiger partial charge in [-0.15, -0.1) is 0 Å². The number of hydrogen-bond donors (Lipinski definition) is 1. The van der Waals surface area contributed by atoms with Crippen molar-refractivity contribution >= 4 is 33.5 Å². The summed E-state index contributed by atoms with van der Waals surface area (Å²) in [5, 5.41) is 14.7. The maximum Gasteiger partial charge on any atom is 0.269 e. The van der Waals surface area contributed by atoms with Crippen LogP contribution in [-0.2, 0) is 21.4 Å². The van der Waals surface area contributed by atoms with Crippen LogP contribution >= 0.6 is 0 Å². The van der Waals surface area contributed by atoms with Crippen molar-refractivity contribution in [3.8, 4) is 11.5 Å². The summed E-state index contributed by atoms with van der Waals surface area (Å²) in [7, 11) is -2.68. The number of carbonyl (C=O) groups is 1. The summed E-state index contributed by atoms with van der Waals surface area (Å²) >= 11 is 0. The second kappa shape index (κ2) is 13.2. The maximum atomic E-state index is 13.5. The third-order valence-electron chi connectivity index (χ3n) is 5.81. The van der Waals surface area contributed by atoms with Gasteiger partial charge in [0.2, 0.25) is 0 Å². The number of sulfonamides is 1. The van der Waals surface area contributed by atoms with Crippen molar-refractivity contribution in [2.75, 3.05) is 18.0 Å². The summed E-state index contributed by atoms with van der Waals surface area (Å²) in [6.45, 7) is -0.305. The van der Waals surface area contributed by atoms with Crippen molar-refractivity contribution in [1.82, 2.24) is 5.43 Å². The van der Waals surface area contributed by atoms with Gasteiger partial charge >= 0.3 is 0 Å². The minimum Gasteiger partial charge on any atom is -0.495 e. The number of ether oxygens (including phenoxy) is 2. The SMILES string of the molecule is COc1ccccc1N(CC(=O)NN=Cc1ccc(OCc2ccc([N+](=O)[O-])cc2)cc1)S(=O)(=O)c1ccccc1. The first-order chi connectivity index (χ1) is 19.8. The van der Waals surface area contributed by atoms with E-state index >= 15 is 0 Å². The first kappa shape index (κ1) is 28.8. The number of amides is 1. The summed E-state index contributed by atoms with van der Waals surface area (Å²) < 4.78 is 38.9. The molecule has 4 aromatic carbocycles. The topological polar surface area (TPSA) is 140 Å². The van der Waals surface area contributed by atoms with Gasteiger partial charge in [0.15, 0.2) is 0 Å². The summed E-state index contributed by atoms with van der Waals surface area (Å²) in [5.41, 5.74) is 4.03. The van der Waals surface area contributed by atoms with Gasteiger partial charge in [0.05, 0.1) is 28.8 Å². The molecule has 0 atom stereocenters. The first-order valence-corrected chi connectivity index (χ1v) is 13.7. The van der Waals surface area contributed by atoms with Crippen LogP contribution in [0.25, 0.3) is 0 Å². The second-order valence-electron chi connectivity index (χ2n) is 8.57. The zero-order valence-electron chi connectivity index (χ0n) is 21.9. The number of methoxy groups -OCH3 is 1. The molecule has 1 amide bonds. The quantitative estimate of drug-likeness (QED) is 0.149. The molecule has 1 N–H and O–H groups in total. The van der Waals surface area contributed by atoms with Crippen LogP contribution in [0.5, 0.6) is 11.5 Å². The number of nitro groups is 1. The molecule has 0 aromatic heterocycles. The van der Waals surface area contributed by atoms with Gasteiger partial charge in [-0.1, -0.05) is 30.3 Å². The van der Waals surface area contributed by atoms with Gasteiger partial charge < -0.3 is 9.47 Å². The molecule has 0 saturated heterocycles. The molecule has 12 heteroatoms. The lowest BCUT2D eigenvalue weighted by Gasteiger charge is -2.25. The van der Waals surface area contributed by atoms with E-state index in [1.807, 2.05) is 0 Å². The van der Waals surface area contributed by atoms with Crippen LogP contribution in [0.3, 0.4) is 0 Å². The Hall–Kier alpha value is -5.23. The van der Waals surface area contributed by atoms with Gasteiger partial charge in [-0.3, -0.25) is 19.2 Å². The lowest BCUT2D eigenvalue weighted by Crippen LogP contribution is -2.39. The molecule has 41 heavy (non-hydrogen) atoms. The van der Waals surface area contributed by atoms with E-state index in [-0.39, 0.29) is 22.9 Å². The predicted octanol–water partition coefficient (Wildman–Crippen LogP) is 4.53. The fourth-order valence-corrected chi connectivity index (χ4v) is 5.18. The van der Waals surface area contributed by atoms with Gasteiger partial charge in [0, 0.05) is 12.1 Å². The highest BCUT2D eigenvalue weighted by Crippen LogP contribution is 2.32. The molecular formula is C29H26N4O7S. The molecule has 0 bridgehead atoms. The lowest BCUT2D eigenvalue weighted by atomic mass is 10.2. The average Bonchev–Trinajstić information content (AvgIpc) is 3.00. The fourth-order valence-electron chi connectivity index (χ4n) is 3.73. The number of nitro benzene ring substituents is 1. The summed E-state index contributed by atoms with van der Waals surface area (Å²) in [6, 6.07) is 27.3. The predicted molar refractivity (Wildman–Crippen MR) is 154 cm³/mol. The van der Waals surface area contributed by atoms with Gasteiger partial charge in [0.25, 0.3) is 21.6 Å². The van der Waals surface area contributed by atoms with Crippen LogP contribution in [-0.4, -0.2) is 39.1 Å². The molecule has 4 aromatic rings. The van der Waals surface area contributed by atoms with Gasteiger partial charge in [0.1, 0.15) is 24.7 Å². The van der Waals surface area contributed by atoms with Crippen LogP contribution in [0.2, 0.25) is 0 Å². The zero-order valence-corrected chi connectivity index (χ0v) is 22.7. The third-order valence-corrected chi connectivity index (χ3v) is 7.58. The van der Waals surface area contributed by atoms with Crippen molar-refractivity contribution in [3.63, 3.8) is 0 Å². The highest BCUT2D eigenvalue weighted by molar-refractivity contribution is 7.92. The van der Waals surface area contributed by atoms with Crippen LogP contribution in [0.15, 0.2) is 113 Å². The maximum absolute atomic E-state index is 13.5. The Bertz CT molecular complexity index is 1630. The van der Waals surface area contributed by atoms with Gasteiger partial charge in [-0.05, 0) is 71.8 Å². The van der Waals surface area contributed by atoms with E-state index in [0.29, 0.717) is 17.1 Å². The van der Waals surface area contributed by atoms with E-state index in [4.69, 9.17) is 9.47 Å². The van der Waals surface area contributed by atoms with E-state index in [0.717, 1.165) is 9.87 Å². The highest BCUT2D eigenvalue weighted by atomic mass is 32.2. The van der Waals surface area contributed by atoms with Crippen LogP contribution in [0.4, 0.5) is 11.4 Å². The molecule has 0 aliphatic rings. The van der Waals surface area contributed by atoms with Crippen molar-refractivity contribution in [3.05, 3.63) is 124 Å². The van der Waals surface area contributed by atoms with Crippen molar-refractivity contribution in [2.24, 2.45) is 5.10 Å². The van der Waals surface area contributed by atoms with E-state index in [1.54, 1.807) is 78.9 Å². The Morgan fingerprint density at radius 3 is 2.27 bits per heavy atom. The largest absolute Gasteiger partial charge is 0.495 e. The summed E-state index contributed by atoms with van der Waals surface area (Å²) in [4.78, 5) is 23.1. The standard InChI is InChI=1S/C29H26N4O7S/c1-39-28-10-6-5-9-27(28)32(41(37,38)26-7-3-2-4-8-26)20-29(34)31-30-19-22-13-17-25(18-14-22)40-21-23-11-15-24(16-12-23)33(35)36/h2-19H,20-21H2,1H3,(H,31,34). The van der Waals surface area contributed by atoms with E-state index in [1.165, 1.54) is 37.6 Å². The first-order valence-electron chi connectivity index (χ1n) is 12.3. The lowest BCUT2D eigenvalue weighted by molar-refractivity contribution is -0.384. The normalized spacial score (nSPS) is 11.1. The fraction of sp³-hybridized carbons (Fsp3) is 0.103. The van der Waals surface area contributed by atoms with Crippen molar-refractivity contribution < 1.29 is 27.6 Å². The molecule has 0 saturated carbocycles. The molecule has 0 radical (unpaired) electrons. The Labute approximate surface area is 236 Å². The molecule has 0 aliphatic heterocycles. The Morgan fingerprint density at radius 1 is 0.951 bits per heavy atom. The monoisotopic (exact) mass is 574 g/mol. The molecule has 210 valence electrons. The number of nitrogens with one attached hydrogen (secondary N) is 1. The average molecular weight is 575 g/mol. The van der Waals surface area contributed by atoms with Gasteiger partial charge in [-0.25, -0.2) is 13.8 Å². The number of hydrogen-bond acceptors (Lipinski definition) is 8. The number of nitrogens with zero attached hydrogens (tertiary/aromatic N) is 3. The molecule has 4 rings (SSSR count). The van der Waals surface area contributed by atoms with Crippen LogP contribution in [0.1, 0.15) is 11.1 Å². The number of benzene rings is 4. The molecule has 0 aliphatic carbocycles. The summed E-state index contributed by atoms with van der Waals surface area (Å²) in [5.74, 6) is 0.206. The highest BCUT2D eigenvalue weighted by Gasteiger charge is 2.29. The molecule has 0 unspecified atom stereocenters. The molecule has 11 nitrogen and oxygen atoms in total. The number of anilines is 1. The number of carbonyl (C=O) groups excluding carboxylic acids is 1. The minimum absolute atomic E-state index is 0.00907. The molecule has 0 fully saturated rings. The smallest absolute Gasteiger partial charge is 0.269 e. The van der Waals surface area contributed by atoms with Crippen LogP contribution < -0.4 is 19.2 Å². The van der Waals surface area contributed by atoms with E-state index in [2.05, 4.69) is 10.5 Å². The zero-order chi connectivity index (χ0) is 29.2. The Morgan fingerprint density at radius 2 is 1.61 bits per heavy atom. The van der Waals surface area contributed by atoms with Gasteiger partial charge in [-0.2, -0.15) is 5.10 Å².